The summed E-state index contributed by atoms with van der Waals surface area (Å²) < 4.78 is 0. The first-order valence-electron chi connectivity index (χ1n) is 9.57. The second kappa shape index (κ2) is 8.24. The number of amides is 1. The smallest absolute Gasteiger partial charge is 0.294 e. The van der Waals surface area contributed by atoms with Crippen LogP contribution in [0, 0.1) is 10.1 Å². The largest absolute Gasteiger partial charge is 0.294 e. The van der Waals surface area contributed by atoms with Crippen LogP contribution < -0.4 is 4.90 Å². The Hall–Kier alpha value is -2.64. The summed E-state index contributed by atoms with van der Waals surface area (Å²) in [5, 5.41) is 11.8. The summed E-state index contributed by atoms with van der Waals surface area (Å²) in [6, 6.07) is 12.1. The van der Waals surface area contributed by atoms with Gasteiger partial charge in [-0.15, -0.1) is 11.8 Å². The molecule has 4 rings (SSSR count). The molecule has 1 amide bonds. The highest BCUT2D eigenvalue weighted by Crippen LogP contribution is 2.45. The summed E-state index contributed by atoms with van der Waals surface area (Å²) in [7, 11) is 0. The van der Waals surface area contributed by atoms with Gasteiger partial charge in [0.25, 0.3) is 5.69 Å². The number of benzene rings is 2. The molecule has 0 saturated carbocycles. The summed E-state index contributed by atoms with van der Waals surface area (Å²) in [5.41, 5.74) is 2.00. The van der Waals surface area contributed by atoms with E-state index in [1.54, 1.807) is 11.8 Å². The third-order valence-electron chi connectivity index (χ3n) is 5.57. The van der Waals surface area contributed by atoms with Crippen LogP contribution in [0.2, 0.25) is 5.02 Å². The van der Waals surface area contributed by atoms with Crippen LogP contribution in [0.15, 0.2) is 58.6 Å². The van der Waals surface area contributed by atoms with Gasteiger partial charge in [0.1, 0.15) is 5.69 Å². The van der Waals surface area contributed by atoms with Crippen molar-refractivity contribution in [2.24, 2.45) is 0 Å². The molecule has 0 N–H and O–H groups in total. The molecule has 0 saturated heterocycles. The average molecular weight is 443 g/mol. The summed E-state index contributed by atoms with van der Waals surface area (Å²) in [6.07, 6.45) is 3.63. The molecule has 0 aromatic heterocycles. The standard InChI is InChI=1S/C22H19ClN2O4S/c1-30-15-8-5-13(6-9-15)16-12-21(27)24(18-3-2-4-20(26)22(16)18)17-10-7-14(23)11-19(17)25(28)29/h5-11,16H,2-4,12H2,1H3. The fourth-order valence-corrected chi connectivity index (χ4v) is 4.80. The number of nitrogens with zero attached hydrogens (tertiary/aromatic N) is 2. The fourth-order valence-electron chi connectivity index (χ4n) is 4.23. The average Bonchev–Trinajstić information content (AvgIpc) is 2.74. The van der Waals surface area contributed by atoms with E-state index in [0.717, 1.165) is 10.5 Å². The van der Waals surface area contributed by atoms with Crippen LogP contribution in [0.5, 0.6) is 0 Å². The molecule has 6 nitrogen and oxygen atoms in total. The Balaban J connectivity index is 1.87. The van der Waals surface area contributed by atoms with Crippen molar-refractivity contribution in [3.05, 3.63) is 74.4 Å². The monoisotopic (exact) mass is 442 g/mol. The zero-order valence-electron chi connectivity index (χ0n) is 16.3. The van der Waals surface area contributed by atoms with Crippen LogP contribution in [0.3, 0.4) is 0 Å². The van der Waals surface area contributed by atoms with Gasteiger partial charge in [0, 0.05) is 46.0 Å². The summed E-state index contributed by atoms with van der Waals surface area (Å²) in [4.78, 5) is 39.7. The van der Waals surface area contributed by atoms with E-state index < -0.39 is 4.92 Å². The number of Topliss-reactive ketones (excluding diaryl/α,β-unsaturated/α-hetero) is 1. The zero-order valence-corrected chi connectivity index (χ0v) is 17.8. The minimum atomic E-state index is -0.549. The highest BCUT2D eigenvalue weighted by molar-refractivity contribution is 7.98. The van der Waals surface area contributed by atoms with Gasteiger partial charge in [0.05, 0.1) is 4.92 Å². The summed E-state index contributed by atoms with van der Waals surface area (Å²) in [6.45, 7) is 0. The van der Waals surface area contributed by atoms with Crippen molar-refractivity contribution in [3.8, 4) is 0 Å². The van der Waals surface area contributed by atoms with Crippen molar-refractivity contribution in [3.63, 3.8) is 0 Å². The van der Waals surface area contributed by atoms with Crippen molar-refractivity contribution < 1.29 is 14.5 Å². The van der Waals surface area contributed by atoms with Crippen LogP contribution >= 0.6 is 23.4 Å². The van der Waals surface area contributed by atoms with Gasteiger partial charge in [0.2, 0.25) is 5.91 Å². The Morgan fingerprint density at radius 2 is 1.87 bits per heavy atom. The molecule has 1 unspecified atom stereocenters. The molecular weight excluding hydrogens is 424 g/mol. The van der Waals surface area contributed by atoms with Gasteiger partial charge in [0.15, 0.2) is 5.78 Å². The number of allylic oxidation sites excluding steroid dienone is 2. The lowest BCUT2D eigenvalue weighted by molar-refractivity contribution is -0.384. The molecule has 1 atom stereocenters. The lowest BCUT2D eigenvalue weighted by Crippen LogP contribution is -2.40. The Bertz CT molecular complexity index is 1080. The summed E-state index contributed by atoms with van der Waals surface area (Å²) in [5.74, 6) is -0.587. The number of carbonyl (C=O) groups is 2. The number of hydrogen-bond donors (Lipinski definition) is 0. The number of carbonyl (C=O) groups excluding carboxylic acids is 2. The molecule has 1 heterocycles. The van der Waals surface area contributed by atoms with E-state index in [4.69, 9.17) is 11.6 Å². The normalized spacial score (nSPS) is 19.1. The third kappa shape index (κ3) is 3.63. The Morgan fingerprint density at radius 1 is 1.13 bits per heavy atom. The van der Waals surface area contributed by atoms with E-state index >= 15 is 0 Å². The van der Waals surface area contributed by atoms with Crippen molar-refractivity contribution in [1.82, 2.24) is 0 Å². The van der Waals surface area contributed by atoms with Crippen molar-refractivity contribution in [1.29, 1.82) is 0 Å². The summed E-state index contributed by atoms with van der Waals surface area (Å²) >= 11 is 7.57. The number of hydrogen-bond acceptors (Lipinski definition) is 5. The van der Waals surface area contributed by atoms with Gasteiger partial charge >= 0.3 is 0 Å². The number of nitro groups is 1. The number of nitro benzene ring substituents is 1. The number of rotatable bonds is 4. The Morgan fingerprint density at radius 3 is 2.53 bits per heavy atom. The first-order valence-corrected chi connectivity index (χ1v) is 11.2. The van der Waals surface area contributed by atoms with Crippen LogP contribution in [0.25, 0.3) is 0 Å². The van der Waals surface area contributed by atoms with E-state index in [9.17, 15) is 19.7 Å². The molecule has 1 aliphatic heterocycles. The van der Waals surface area contributed by atoms with Gasteiger partial charge in [-0.3, -0.25) is 24.6 Å². The lowest BCUT2D eigenvalue weighted by Gasteiger charge is -2.38. The van der Waals surface area contributed by atoms with Crippen LogP contribution in [-0.4, -0.2) is 22.9 Å². The van der Waals surface area contributed by atoms with Crippen LogP contribution in [-0.2, 0) is 9.59 Å². The first kappa shape index (κ1) is 20.6. The maximum atomic E-state index is 13.2. The topological polar surface area (TPSA) is 80.5 Å². The highest BCUT2D eigenvalue weighted by Gasteiger charge is 2.41. The lowest BCUT2D eigenvalue weighted by atomic mass is 9.77. The van der Waals surface area contributed by atoms with Gasteiger partial charge < -0.3 is 0 Å². The molecule has 30 heavy (non-hydrogen) atoms. The second-order valence-electron chi connectivity index (χ2n) is 7.29. The molecule has 154 valence electrons. The van der Waals surface area contributed by atoms with Crippen molar-refractivity contribution >= 4 is 46.4 Å². The predicted molar refractivity (Wildman–Crippen MR) is 117 cm³/mol. The minimum Gasteiger partial charge on any atom is -0.294 e. The van der Waals surface area contributed by atoms with Crippen LogP contribution in [0.4, 0.5) is 11.4 Å². The Kier molecular flexibility index (Phi) is 5.66. The van der Waals surface area contributed by atoms with Gasteiger partial charge in [-0.2, -0.15) is 0 Å². The molecule has 2 aliphatic rings. The van der Waals surface area contributed by atoms with Gasteiger partial charge in [-0.05, 0) is 48.9 Å². The van der Waals surface area contributed by atoms with Crippen molar-refractivity contribution in [2.45, 2.75) is 36.5 Å². The van der Waals surface area contributed by atoms with E-state index in [-0.39, 0.29) is 40.4 Å². The molecule has 0 bridgehead atoms. The first-order chi connectivity index (χ1) is 14.4. The van der Waals surface area contributed by atoms with Crippen LogP contribution in [0.1, 0.15) is 37.2 Å². The molecule has 0 spiro atoms. The maximum absolute atomic E-state index is 13.2. The molecule has 1 aliphatic carbocycles. The number of thioether (sulfide) groups is 1. The molecule has 2 aromatic rings. The van der Waals surface area contributed by atoms with Gasteiger partial charge in [-0.1, -0.05) is 23.7 Å². The van der Waals surface area contributed by atoms with E-state index in [1.807, 2.05) is 30.5 Å². The minimum absolute atomic E-state index is 0.00399. The van der Waals surface area contributed by atoms with Crippen molar-refractivity contribution in [2.75, 3.05) is 11.2 Å². The Labute approximate surface area is 183 Å². The fraction of sp³-hybridized carbons (Fsp3) is 0.273. The highest BCUT2D eigenvalue weighted by atomic mass is 35.5. The molecule has 2 aromatic carbocycles. The van der Waals surface area contributed by atoms with E-state index in [2.05, 4.69) is 0 Å². The second-order valence-corrected chi connectivity index (χ2v) is 8.60. The third-order valence-corrected chi connectivity index (χ3v) is 6.55. The predicted octanol–water partition coefficient (Wildman–Crippen LogP) is 5.50. The maximum Gasteiger partial charge on any atom is 0.294 e. The molecule has 0 radical (unpaired) electrons. The SMILES string of the molecule is CSc1ccc(C2CC(=O)N(c3ccc(Cl)cc3[N+](=O)[O-])C3=C2C(=O)CCC3)cc1. The molecule has 8 heteroatoms. The zero-order chi connectivity index (χ0) is 21.4. The van der Waals surface area contributed by atoms with Gasteiger partial charge in [-0.25, -0.2) is 0 Å². The number of halogens is 1. The quantitative estimate of drug-likeness (QED) is 0.355. The molecular formula is C22H19ClN2O4S. The van der Waals surface area contributed by atoms with E-state index in [0.29, 0.717) is 30.5 Å². The number of anilines is 1. The number of ketones is 1. The molecule has 0 fully saturated rings. The van der Waals surface area contributed by atoms with E-state index in [1.165, 1.54) is 23.1 Å².